The van der Waals surface area contributed by atoms with Gasteiger partial charge in [0.25, 0.3) is 0 Å². The van der Waals surface area contributed by atoms with Crippen LogP contribution in [0.25, 0.3) is 0 Å². The maximum Gasteiger partial charge on any atom is 0.232 e. The first-order valence-corrected chi connectivity index (χ1v) is 8.02. The molecule has 0 saturated carbocycles. The first kappa shape index (κ1) is 21.5. The summed E-state index contributed by atoms with van der Waals surface area (Å²) >= 11 is 0. The van der Waals surface area contributed by atoms with E-state index in [0.29, 0.717) is 13.0 Å². The van der Waals surface area contributed by atoms with Crippen LogP contribution in [0.4, 0.5) is 14.5 Å². The molecule has 0 aliphatic heterocycles. The van der Waals surface area contributed by atoms with Crippen molar-refractivity contribution in [2.24, 2.45) is 5.41 Å². The SMILES string of the molecule is CC(C)(C)C(=O)N(CCCc1ccccc1)c1ccc(F)[c]c1F.[Ti]. The molecule has 5 heteroatoms. The van der Waals surface area contributed by atoms with Gasteiger partial charge in [0.15, 0.2) is 5.82 Å². The second-order valence-electron chi connectivity index (χ2n) is 6.80. The summed E-state index contributed by atoms with van der Waals surface area (Å²) in [7, 11) is 0. The predicted octanol–water partition coefficient (Wildman–Crippen LogP) is 4.77. The van der Waals surface area contributed by atoms with Gasteiger partial charge in [-0.05, 0) is 30.5 Å². The van der Waals surface area contributed by atoms with Crippen LogP contribution in [-0.4, -0.2) is 12.5 Å². The molecule has 0 unspecified atom stereocenters. The van der Waals surface area contributed by atoms with Crippen LogP contribution in [0, 0.1) is 23.1 Å². The monoisotopic (exact) mass is 378 g/mol. The molecular formula is C20H22F2NOTi. The number of hydrogen-bond acceptors (Lipinski definition) is 1. The van der Waals surface area contributed by atoms with E-state index in [4.69, 9.17) is 0 Å². The molecule has 0 saturated heterocycles. The van der Waals surface area contributed by atoms with Gasteiger partial charge >= 0.3 is 0 Å². The van der Waals surface area contributed by atoms with Gasteiger partial charge in [-0.15, -0.1) is 0 Å². The largest absolute Gasteiger partial charge is 0.309 e. The maximum atomic E-state index is 14.1. The van der Waals surface area contributed by atoms with Gasteiger partial charge in [0.05, 0.1) is 11.8 Å². The van der Waals surface area contributed by atoms with Crippen molar-refractivity contribution in [3.05, 3.63) is 65.7 Å². The average molecular weight is 378 g/mol. The van der Waals surface area contributed by atoms with Gasteiger partial charge < -0.3 is 4.90 Å². The molecule has 0 atom stereocenters. The number of carbonyl (C=O) groups is 1. The second-order valence-corrected chi connectivity index (χ2v) is 6.80. The number of nitrogens with zero attached hydrogens (tertiary/aromatic N) is 1. The summed E-state index contributed by atoms with van der Waals surface area (Å²) in [5.41, 5.74) is 0.573. The molecule has 0 aromatic heterocycles. The van der Waals surface area contributed by atoms with Crippen LogP contribution >= 0.6 is 0 Å². The molecule has 0 aliphatic carbocycles. The summed E-state index contributed by atoms with van der Waals surface area (Å²) in [5.74, 6) is -1.81. The van der Waals surface area contributed by atoms with Crippen molar-refractivity contribution in [3.8, 4) is 0 Å². The Morgan fingerprint density at radius 3 is 2.28 bits per heavy atom. The van der Waals surface area contributed by atoms with Crippen LogP contribution in [-0.2, 0) is 32.9 Å². The zero-order valence-corrected chi connectivity index (χ0v) is 16.3. The molecule has 1 amide bonds. The summed E-state index contributed by atoms with van der Waals surface area (Å²) < 4.78 is 27.2. The molecule has 0 N–H and O–H groups in total. The van der Waals surface area contributed by atoms with E-state index in [0.717, 1.165) is 18.1 Å². The molecule has 25 heavy (non-hydrogen) atoms. The fraction of sp³-hybridized carbons (Fsp3) is 0.350. The minimum atomic E-state index is -0.840. The van der Waals surface area contributed by atoms with Gasteiger partial charge in [-0.3, -0.25) is 4.79 Å². The minimum Gasteiger partial charge on any atom is -0.309 e. The summed E-state index contributed by atoms with van der Waals surface area (Å²) in [4.78, 5) is 14.1. The molecule has 0 fully saturated rings. The Bertz CT molecular complexity index is 699. The van der Waals surface area contributed by atoms with Crippen molar-refractivity contribution in [1.82, 2.24) is 0 Å². The van der Waals surface area contributed by atoms with E-state index in [2.05, 4.69) is 0 Å². The van der Waals surface area contributed by atoms with Gasteiger partial charge in [-0.1, -0.05) is 51.1 Å². The first-order valence-electron chi connectivity index (χ1n) is 8.02. The maximum absolute atomic E-state index is 14.1. The van der Waals surface area contributed by atoms with E-state index < -0.39 is 17.0 Å². The van der Waals surface area contributed by atoms with Crippen LogP contribution in [0.3, 0.4) is 0 Å². The topological polar surface area (TPSA) is 20.3 Å². The van der Waals surface area contributed by atoms with Crippen molar-refractivity contribution in [3.63, 3.8) is 0 Å². The summed E-state index contributed by atoms with van der Waals surface area (Å²) in [6.45, 7) is 5.71. The van der Waals surface area contributed by atoms with E-state index in [-0.39, 0.29) is 33.3 Å². The normalized spacial score (nSPS) is 10.9. The Kier molecular flexibility index (Phi) is 7.97. The average Bonchev–Trinajstić information content (AvgIpc) is 2.52. The molecule has 131 valence electrons. The van der Waals surface area contributed by atoms with Crippen molar-refractivity contribution in [2.45, 2.75) is 33.6 Å². The van der Waals surface area contributed by atoms with Crippen LogP contribution in [0.5, 0.6) is 0 Å². The fourth-order valence-electron chi connectivity index (χ4n) is 2.47. The Balaban J connectivity index is 0.00000312. The number of aryl methyl sites for hydroxylation is 1. The number of amides is 1. The number of rotatable bonds is 5. The number of hydrogen-bond donors (Lipinski definition) is 0. The van der Waals surface area contributed by atoms with Crippen molar-refractivity contribution < 1.29 is 35.3 Å². The van der Waals surface area contributed by atoms with E-state index in [9.17, 15) is 13.6 Å². The fourth-order valence-corrected chi connectivity index (χ4v) is 2.47. The standard InChI is InChI=1S/C20H22F2NO.Ti/c1-20(2,3)19(24)23(18-12-11-16(21)14-17(18)22)13-7-10-15-8-5-4-6-9-15;/h4-6,8-9,11-12H,7,10,13H2,1-3H3;. The number of benzene rings is 2. The number of anilines is 1. The van der Waals surface area contributed by atoms with Crippen molar-refractivity contribution in [2.75, 3.05) is 11.4 Å². The Hall–Kier alpha value is -1.52. The molecule has 2 aromatic rings. The Morgan fingerprint density at radius 2 is 1.72 bits per heavy atom. The van der Waals surface area contributed by atoms with Crippen LogP contribution in [0.2, 0.25) is 0 Å². The minimum absolute atomic E-state index is 0. The molecule has 2 rings (SSSR count). The molecule has 1 radical (unpaired) electrons. The third kappa shape index (κ3) is 6.05. The van der Waals surface area contributed by atoms with Crippen molar-refractivity contribution >= 4 is 11.6 Å². The third-order valence-corrected chi connectivity index (χ3v) is 3.71. The first-order chi connectivity index (χ1) is 11.3. The van der Waals surface area contributed by atoms with Gasteiger partial charge in [-0.2, -0.15) is 0 Å². The Morgan fingerprint density at radius 1 is 1.08 bits per heavy atom. The van der Waals surface area contributed by atoms with E-state index in [1.165, 1.54) is 11.0 Å². The third-order valence-electron chi connectivity index (χ3n) is 3.71. The van der Waals surface area contributed by atoms with E-state index >= 15 is 0 Å². The zero-order valence-electron chi connectivity index (χ0n) is 14.8. The van der Waals surface area contributed by atoms with Gasteiger partial charge in [-0.25, -0.2) is 8.78 Å². The number of carbonyl (C=O) groups excluding carboxylic acids is 1. The van der Waals surface area contributed by atoms with Gasteiger partial charge in [0.1, 0.15) is 5.82 Å². The van der Waals surface area contributed by atoms with Crippen LogP contribution in [0.15, 0.2) is 42.5 Å². The zero-order chi connectivity index (χ0) is 17.7. The molecule has 2 nitrogen and oxygen atoms in total. The molecule has 2 aromatic carbocycles. The molecular weight excluding hydrogens is 356 g/mol. The molecule has 0 spiro atoms. The van der Waals surface area contributed by atoms with E-state index in [1.807, 2.05) is 36.4 Å². The quantitative estimate of drug-likeness (QED) is 0.686. The van der Waals surface area contributed by atoms with Crippen molar-refractivity contribution in [1.29, 1.82) is 0 Å². The van der Waals surface area contributed by atoms with Gasteiger partial charge in [0.2, 0.25) is 5.91 Å². The van der Waals surface area contributed by atoms with Gasteiger partial charge in [0, 0.05) is 33.7 Å². The molecule has 0 aliphatic rings. The smallest absolute Gasteiger partial charge is 0.232 e. The number of halogens is 2. The summed E-state index contributed by atoms with van der Waals surface area (Å²) in [6, 6.07) is 14.3. The van der Waals surface area contributed by atoms with E-state index in [1.54, 1.807) is 20.8 Å². The molecule has 0 bridgehead atoms. The summed E-state index contributed by atoms with van der Waals surface area (Å²) in [5, 5.41) is 0. The Labute approximate surface area is 163 Å². The second kappa shape index (κ2) is 9.26. The molecule has 0 heterocycles. The predicted molar refractivity (Wildman–Crippen MR) is 91.8 cm³/mol. The summed E-state index contributed by atoms with van der Waals surface area (Å²) in [6.07, 6.45) is 1.46. The van der Waals surface area contributed by atoms with Crippen LogP contribution < -0.4 is 4.90 Å². The van der Waals surface area contributed by atoms with Crippen LogP contribution in [0.1, 0.15) is 32.8 Å².